The minimum absolute atomic E-state index is 0.0342. The van der Waals surface area contributed by atoms with Gasteiger partial charge in [0.2, 0.25) is 5.91 Å². The summed E-state index contributed by atoms with van der Waals surface area (Å²) in [6.07, 6.45) is 7.85. The summed E-state index contributed by atoms with van der Waals surface area (Å²) in [7, 11) is 0. The van der Waals surface area contributed by atoms with E-state index < -0.39 is 0 Å². The lowest BCUT2D eigenvalue weighted by molar-refractivity contribution is -0.126. The number of rotatable bonds is 4. The number of carbonyl (C=O) groups excluding carboxylic acids is 1. The number of halogens is 1. The van der Waals surface area contributed by atoms with E-state index in [2.05, 4.69) is 20.2 Å². The Morgan fingerprint density at radius 1 is 1.16 bits per heavy atom. The summed E-state index contributed by atoms with van der Waals surface area (Å²) in [5, 5.41) is 5.67. The predicted octanol–water partition coefficient (Wildman–Crippen LogP) is 3.47. The quantitative estimate of drug-likeness (QED) is 0.629. The van der Waals surface area contributed by atoms with Gasteiger partial charge in [-0.3, -0.25) is 9.78 Å². The van der Waals surface area contributed by atoms with Crippen molar-refractivity contribution >= 4 is 34.1 Å². The molecule has 0 unspecified atom stereocenters. The smallest absolute Gasteiger partial charge is 0.223 e. The maximum absolute atomic E-state index is 12.7. The highest BCUT2D eigenvalue weighted by Crippen LogP contribution is 2.32. The number of carbonyl (C=O) groups is 1. The third-order valence-electron chi connectivity index (χ3n) is 6.08. The molecule has 0 aromatic carbocycles. The van der Waals surface area contributed by atoms with Crippen LogP contribution in [-0.4, -0.2) is 53.2 Å². The van der Waals surface area contributed by atoms with Crippen molar-refractivity contribution in [1.82, 2.24) is 20.3 Å². The summed E-state index contributed by atoms with van der Waals surface area (Å²) in [6, 6.07) is 7.91. The highest BCUT2D eigenvalue weighted by Gasteiger charge is 2.29. The minimum Gasteiger partial charge on any atom is -0.379 e. The molecule has 2 saturated heterocycles. The highest BCUT2D eigenvalue weighted by molar-refractivity contribution is 6.29. The zero-order chi connectivity index (χ0) is 21.2. The van der Waals surface area contributed by atoms with Crippen molar-refractivity contribution in [2.24, 2.45) is 5.92 Å². The van der Waals surface area contributed by atoms with Gasteiger partial charge >= 0.3 is 0 Å². The topological polar surface area (TPSA) is 80.2 Å². The van der Waals surface area contributed by atoms with Crippen LogP contribution in [0.3, 0.4) is 0 Å². The number of aromatic nitrogens is 3. The van der Waals surface area contributed by atoms with Crippen molar-refractivity contribution in [2.45, 2.75) is 25.3 Å². The Morgan fingerprint density at radius 2 is 2.03 bits per heavy atom. The first kappa shape index (κ1) is 20.2. The van der Waals surface area contributed by atoms with Crippen LogP contribution >= 0.6 is 11.6 Å². The van der Waals surface area contributed by atoms with Crippen LogP contribution in [0.1, 0.15) is 19.3 Å². The molecule has 0 saturated carbocycles. The van der Waals surface area contributed by atoms with Gasteiger partial charge in [0.1, 0.15) is 11.0 Å². The van der Waals surface area contributed by atoms with Gasteiger partial charge in [-0.25, -0.2) is 9.97 Å². The van der Waals surface area contributed by atoms with E-state index in [0.717, 1.165) is 66.8 Å². The fourth-order valence-electron chi connectivity index (χ4n) is 4.35. The second kappa shape index (κ2) is 8.77. The third-order valence-corrected chi connectivity index (χ3v) is 6.28. The second-order valence-electron chi connectivity index (χ2n) is 8.13. The van der Waals surface area contributed by atoms with Gasteiger partial charge in [0.05, 0.1) is 18.3 Å². The summed E-state index contributed by atoms with van der Waals surface area (Å²) in [6.45, 7) is 2.92. The Labute approximate surface area is 185 Å². The summed E-state index contributed by atoms with van der Waals surface area (Å²) >= 11 is 6.10. The molecule has 3 aromatic rings. The summed E-state index contributed by atoms with van der Waals surface area (Å²) < 4.78 is 5.37. The molecule has 3 aromatic heterocycles. The Bertz CT molecular complexity index is 1090. The van der Waals surface area contributed by atoms with Crippen molar-refractivity contribution in [3.8, 4) is 11.3 Å². The maximum Gasteiger partial charge on any atom is 0.223 e. The molecule has 160 valence electrons. The maximum atomic E-state index is 12.7. The number of piperidine rings is 1. The van der Waals surface area contributed by atoms with Gasteiger partial charge in [0, 0.05) is 60.5 Å². The largest absolute Gasteiger partial charge is 0.379 e. The number of nitrogens with one attached hydrogen (secondary N) is 1. The Balaban J connectivity index is 1.38. The number of nitrogens with zero attached hydrogens (tertiary/aromatic N) is 4. The van der Waals surface area contributed by atoms with Crippen LogP contribution in [-0.2, 0) is 9.53 Å². The summed E-state index contributed by atoms with van der Waals surface area (Å²) in [5.74, 6) is 1.11. The first-order valence-corrected chi connectivity index (χ1v) is 11.0. The molecule has 8 heteroatoms. The zero-order valence-corrected chi connectivity index (χ0v) is 17.9. The van der Waals surface area contributed by atoms with Gasteiger partial charge in [0.25, 0.3) is 0 Å². The molecule has 2 aliphatic rings. The molecule has 1 amide bonds. The minimum atomic E-state index is 0.0342. The van der Waals surface area contributed by atoms with Crippen LogP contribution < -0.4 is 10.2 Å². The van der Waals surface area contributed by atoms with E-state index in [1.54, 1.807) is 12.4 Å². The fraction of sp³-hybridized carbons (Fsp3) is 0.391. The van der Waals surface area contributed by atoms with Gasteiger partial charge in [-0.2, -0.15) is 0 Å². The lowest BCUT2D eigenvalue weighted by Gasteiger charge is -2.33. The molecule has 2 fully saturated rings. The third kappa shape index (κ3) is 4.34. The molecule has 1 N–H and O–H groups in total. The predicted molar refractivity (Wildman–Crippen MR) is 120 cm³/mol. The first-order valence-electron chi connectivity index (χ1n) is 10.7. The Hall–Kier alpha value is -2.77. The molecule has 0 spiro atoms. The van der Waals surface area contributed by atoms with Crippen LogP contribution in [0.15, 0.2) is 42.9 Å². The van der Waals surface area contributed by atoms with E-state index in [-0.39, 0.29) is 17.9 Å². The summed E-state index contributed by atoms with van der Waals surface area (Å²) in [5.41, 5.74) is 1.75. The van der Waals surface area contributed by atoms with Crippen molar-refractivity contribution in [2.75, 3.05) is 31.2 Å². The van der Waals surface area contributed by atoms with E-state index in [0.29, 0.717) is 11.8 Å². The molecule has 1 atom stereocenters. The zero-order valence-electron chi connectivity index (χ0n) is 17.1. The van der Waals surface area contributed by atoms with Gasteiger partial charge < -0.3 is 15.0 Å². The van der Waals surface area contributed by atoms with E-state index in [1.165, 1.54) is 0 Å². The van der Waals surface area contributed by atoms with Crippen molar-refractivity contribution < 1.29 is 9.53 Å². The first-order chi connectivity index (χ1) is 15.2. The normalized spacial score (nSPS) is 19.6. The standard InChI is InChI=1S/C23H24ClN5O2/c24-21-12-16(1-7-26-21)20-11-17-13-25-6-2-19(17)22(28-20)29-8-3-15(4-9-29)23(30)27-18-5-10-31-14-18/h1-2,6-7,11-13,15,18H,3-5,8-10,14H2,(H,27,30)/t18-/m1/s1. The number of hydrogen-bond acceptors (Lipinski definition) is 6. The molecule has 0 radical (unpaired) electrons. The monoisotopic (exact) mass is 437 g/mol. The van der Waals surface area contributed by atoms with Crippen molar-refractivity contribution in [1.29, 1.82) is 0 Å². The Morgan fingerprint density at radius 3 is 2.81 bits per heavy atom. The van der Waals surface area contributed by atoms with E-state index in [9.17, 15) is 4.79 Å². The number of anilines is 1. The molecule has 31 heavy (non-hydrogen) atoms. The van der Waals surface area contributed by atoms with Crippen LogP contribution in [0, 0.1) is 5.92 Å². The molecule has 5 rings (SSSR count). The molecular weight excluding hydrogens is 414 g/mol. The number of amides is 1. The van der Waals surface area contributed by atoms with Crippen LogP contribution in [0.4, 0.5) is 5.82 Å². The van der Waals surface area contributed by atoms with E-state index >= 15 is 0 Å². The number of fused-ring (bicyclic) bond motifs is 1. The fourth-order valence-corrected chi connectivity index (χ4v) is 4.52. The van der Waals surface area contributed by atoms with Gasteiger partial charge in [0.15, 0.2) is 0 Å². The number of ether oxygens (including phenoxy) is 1. The van der Waals surface area contributed by atoms with E-state index in [1.807, 2.05) is 30.5 Å². The highest BCUT2D eigenvalue weighted by atomic mass is 35.5. The lowest BCUT2D eigenvalue weighted by atomic mass is 9.95. The molecular formula is C23H24ClN5O2. The molecule has 2 aliphatic heterocycles. The molecule has 0 aliphatic carbocycles. The average molecular weight is 438 g/mol. The number of pyridine rings is 3. The summed E-state index contributed by atoms with van der Waals surface area (Å²) in [4.78, 5) is 28.3. The van der Waals surface area contributed by atoms with Crippen LogP contribution in [0.25, 0.3) is 22.0 Å². The number of hydrogen-bond donors (Lipinski definition) is 1. The van der Waals surface area contributed by atoms with Crippen LogP contribution in [0.2, 0.25) is 5.15 Å². The lowest BCUT2D eigenvalue weighted by Crippen LogP contribution is -2.44. The average Bonchev–Trinajstić information content (AvgIpc) is 3.31. The van der Waals surface area contributed by atoms with E-state index in [4.69, 9.17) is 21.3 Å². The van der Waals surface area contributed by atoms with Gasteiger partial charge in [-0.05, 0) is 43.5 Å². The van der Waals surface area contributed by atoms with Crippen molar-refractivity contribution in [3.05, 3.63) is 48.0 Å². The molecule has 7 nitrogen and oxygen atoms in total. The van der Waals surface area contributed by atoms with Gasteiger partial charge in [-0.15, -0.1) is 0 Å². The Kier molecular flexibility index (Phi) is 5.70. The van der Waals surface area contributed by atoms with Crippen LogP contribution in [0.5, 0.6) is 0 Å². The van der Waals surface area contributed by atoms with Gasteiger partial charge in [-0.1, -0.05) is 11.6 Å². The molecule has 5 heterocycles. The SMILES string of the molecule is O=C(N[C@@H]1CCOC1)C1CCN(c2nc(-c3ccnc(Cl)c3)cc3cnccc23)CC1. The molecule has 0 bridgehead atoms. The van der Waals surface area contributed by atoms with Crippen molar-refractivity contribution in [3.63, 3.8) is 0 Å². The second-order valence-corrected chi connectivity index (χ2v) is 8.51.